The molecule has 1 unspecified atom stereocenters. The van der Waals surface area contributed by atoms with Crippen LogP contribution in [0.4, 0.5) is 4.39 Å². The number of halogens is 1. The summed E-state index contributed by atoms with van der Waals surface area (Å²) in [5.41, 5.74) is 0.554. The highest BCUT2D eigenvalue weighted by Crippen LogP contribution is 2.11. The first-order chi connectivity index (χ1) is 9.60. The minimum absolute atomic E-state index is 0.0324. The lowest BCUT2D eigenvalue weighted by atomic mass is 10.2. The van der Waals surface area contributed by atoms with E-state index >= 15 is 0 Å². The van der Waals surface area contributed by atoms with Crippen LogP contribution >= 0.6 is 0 Å². The molecule has 0 bridgehead atoms. The summed E-state index contributed by atoms with van der Waals surface area (Å²) in [4.78, 5) is 15.9. The van der Waals surface area contributed by atoms with Gasteiger partial charge in [-0.05, 0) is 19.5 Å². The maximum Gasteiger partial charge on any atom is 0.236 e. The van der Waals surface area contributed by atoms with Crippen molar-refractivity contribution in [2.75, 3.05) is 33.7 Å². The highest BCUT2D eigenvalue weighted by molar-refractivity contribution is 5.78. The van der Waals surface area contributed by atoms with Crippen LogP contribution in [0.2, 0.25) is 0 Å². The number of likely N-dealkylation sites (tertiary alicyclic amines) is 1. The zero-order valence-corrected chi connectivity index (χ0v) is 12.1. The molecule has 1 aliphatic heterocycles. The molecule has 0 aromatic heterocycles. The van der Waals surface area contributed by atoms with E-state index in [0.29, 0.717) is 24.7 Å². The van der Waals surface area contributed by atoms with Gasteiger partial charge in [0.25, 0.3) is 0 Å². The number of hydrogen-bond acceptors (Lipinski definition) is 3. The summed E-state index contributed by atoms with van der Waals surface area (Å²) in [5, 5.41) is 3.23. The molecule has 5 heteroatoms. The first-order valence-corrected chi connectivity index (χ1v) is 6.97. The molecule has 1 heterocycles. The topological polar surface area (TPSA) is 35.6 Å². The average Bonchev–Trinajstić information content (AvgIpc) is 2.89. The van der Waals surface area contributed by atoms with Crippen molar-refractivity contribution in [3.63, 3.8) is 0 Å². The van der Waals surface area contributed by atoms with Crippen LogP contribution in [0, 0.1) is 5.82 Å². The van der Waals surface area contributed by atoms with E-state index < -0.39 is 0 Å². The summed E-state index contributed by atoms with van der Waals surface area (Å²) >= 11 is 0. The van der Waals surface area contributed by atoms with Crippen molar-refractivity contribution < 1.29 is 9.18 Å². The molecule has 1 aromatic rings. The first-order valence-electron chi connectivity index (χ1n) is 6.97. The number of nitrogens with one attached hydrogen (secondary N) is 1. The zero-order chi connectivity index (χ0) is 14.5. The minimum atomic E-state index is -0.261. The van der Waals surface area contributed by atoms with Gasteiger partial charge in [0, 0.05) is 38.3 Å². The molecular formula is C15H22FN3O. The van der Waals surface area contributed by atoms with Crippen LogP contribution in [-0.2, 0) is 11.3 Å². The molecule has 1 atom stereocenters. The van der Waals surface area contributed by atoms with E-state index in [1.165, 1.54) is 6.07 Å². The Morgan fingerprint density at radius 2 is 2.25 bits per heavy atom. The lowest BCUT2D eigenvalue weighted by molar-refractivity contribution is -0.131. The number of hydrogen-bond donors (Lipinski definition) is 1. The molecule has 1 amide bonds. The Labute approximate surface area is 119 Å². The molecule has 1 N–H and O–H groups in total. The number of likely N-dealkylation sites (N-methyl/N-ethyl adjacent to an activating group) is 2. The number of nitrogens with zero attached hydrogens (tertiary/aromatic N) is 2. The molecule has 1 aliphatic rings. The van der Waals surface area contributed by atoms with E-state index in [4.69, 9.17) is 0 Å². The molecule has 110 valence electrons. The standard InChI is InChI=1S/C15H22FN3O/c1-17-13-7-8-19(10-13)11-15(20)18(2)9-12-5-3-4-6-14(12)16/h3-6,13,17H,7-11H2,1-2H3. The fourth-order valence-electron chi connectivity index (χ4n) is 2.49. The lowest BCUT2D eigenvalue weighted by Gasteiger charge is -2.22. The predicted molar refractivity (Wildman–Crippen MR) is 76.8 cm³/mol. The second kappa shape index (κ2) is 6.81. The Morgan fingerprint density at radius 3 is 2.90 bits per heavy atom. The van der Waals surface area contributed by atoms with Crippen molar-refractivity contribution in [1.29, 1.82) is 0 Å². The fourth-order valence-corrected chi connectivity index (χ4v) is 2.49. The van der Waals surface area contributed by atoms with Gasteiger partial charge in [-0.15, -0.1) is 0 Å². The highest BCUT2D eigenvalue weighted by atomic mass is 19.1. The predicted octanol–water partition coefficient (Wildman–Crippen LogP) is 1.08. The zero-order valence-electron chi connectivity index (χ0n) is 12.1. The Kier molecular flexibility index (Phi) is 5.09. The maximum absolute atomic E-state index is 13.6. The maximum atomic E-state index is 13.6. The van der Waals surface area contributed by atoms with Crippen LogP contribution in [0.15, 0.2) is 24.3 Å². The average molecular weight is 279 g/mol. The van der Waals surface area contributed by atoms with Crippen molar-refractivity contribution in [3.8, 4) is 0 Å². The summed E-state index contributed by atoms with van der Waals surface area (Å²) in [7, 11) is 3.67. The molecule has 4 nitrogen and oxygen atoms in total. The van der Waals surface area contributed by atoms with E-state index in [2.05, 4.69) is 10.2 Å². The van der Waals surface area contributed by atoms with Gasteiger partial charge in [0.05, 0.1) is 6.54 Å². The van der Waals surface area contributed by atoms with E-state index in [-0.39, 0.29) is 11.7 Å². The molecule has 1 fully saturated rings. The van der Waals surface area contributed by atoms with Crippen molar-refractivity contribution in [1.82, 2.24) is 15.1 Å². The van der Waals surface area contributed by atoms with E-state index in [9.17, 15) is 9.18 Å². The van der Waals surface area contributed by atoms with Gasteiger partial charge in [-0.3, -0.25) is 9.69 Å². The second-order valence-corrected chi connectivity index (χ2v) is 5.35. The van der Waals surface area contributed by atoms with Gasteiger partial charge in [0.2, 0.25) is 5.91 Å². The van der Waals surface area contributed by atoms with Crippen LogP contribution in [0.25, 0.3) is 0 Å². The minimum Gasteiger partial charge on any atom is -0.340 e. The molecule has 1 aromatic carbocycles. The normalized spacial score (nSPS) is 19.2. The quantitative estimate of drug-likeness (QED) is 0.876. The first kappa shape index (κ1) is 14.9. The third-order valence-corrected chi connectivity index (χ3v) is 3.83. The summed E-state index contributed by atoms with van der Waals surface area (Å²) in [5.74, 6) is -0.228. The van der Waals surface area contributed by atoms with Gasteiger partial charge >= 0.3 is 0 Å². The smallest absolute Gasteiger partial charge is 0.236 e. The van der Waals surface area contributed by atoms with E-state index in [1.54, 1.807) is 30.1 Å². The second-order valence-electron chi connectivity index (χ2n) is 5.35. The molecule has 0 radical (unpaired) electrons. The Hall–Kier alpha value is -1.46. The van der Waals surface area contributed by atoms with Gasteiger partial charge in [-0.25, -0.2) is 4.39 Å². The van der Waals surface area contributed by atoms with Crippen LogP contribution in [0.3, 0.4) is 0 Å². The summed E-state index contributed by atoms with van der Waals surface area (Å²) in [6, 6.07) is 7.05. The van der Waals surface area contributed by atoms with Crippen molar-refractivity contribution >= 4 is 5.91 Å². The van der Waals surface area contributed by atoms with Gasteiger partial charge in [0.1, 0.15) is 5.82 Å². The molecule has 2 rings (SSSR count). The molecule has 1 saturated heterocycles. The Morgan fingerprint density at radius 1 is 1.50 bits per heavy atom. The number of benzene rings is 1. The number of carbonyl (C=O) groups excluding carboxylic acids is 1. The van der Waals surface area contributed by atoms with Gasteiger partial charge in [0.15, 0.2) is 0 Å². The highest BCUT2D eigenvalue weighted by Gasteiger charge is 2.23. The van der Waals surface area contributed by atoms with Gasteiger partial charge in [-0.2, -0.15) is 0 Å². The third kappa shape index (κ3) is 3.77. The number of carbonyl (C=O) groups is 1. The van der Waals surface area contributed by atoms with Crippen LogP contribution in [0.1, 0.15) is 12.0 Å². The van der Waals surface area contributed by atoms with Crippen LogP contribution in [0.5, 0.6) is 0 Å². The number of rotatable bonds is 5. The molecule has 20 heavy (non-hydrogen) atoms. The summed E-state index contributed by atoms with van der Waals surface area (Å²) < 4.78 is 13.6. The van der Waals surface area contributed by atoms with E-state index in [0.717, 1.165) is 19.5 Å². The van der Waals surface area contributed by atoms with Gasteiger partial charge < -0.3 is 10.2 Å². The van der Waals surface area contributed by atoms with Crippen molar-refractivity contribution in [2.45, 2.75) is 19.0 Å². The Bertz CT molecular complexity index is 466. The van der Waals surface area contributed by atoms with Gasteiger partial charge in [-0.1, -0.05) is 18.2 Å². The fraction of sp³-hybridized carbons (Fsp3) is 0.533. The lowest BCUT2D eigenvalue weighted by Crippen LogP contribution is -2.38. The Balaban J connectivity index is 1.85. The molecular weight excluding hydrogens is 257 g/mol. The molecule has 0 aliphatic carbocycles. The van der Waals surface area contributed by atoms with E-state index in [1.807, 2.05) is 7.05 Å². The largest absolute Gasteiger partial charge is 0.340 e. The number of amides is 1. The van der Waals surface area contributed by atoms with Crippen molar-refractivity contribution in [2.24, 2.45) is 0 Å². The monoisotopic (exact) mass is 279 g/mol. The van der Waals surface area contributed by atoms with Crippen molar-refractivity contribution in [3.05, 3.63) is 35.6 Å². The summed E-state index contributed by atoms with van der Waals surface area (Å²) in [6.45, 7) is 2.55. The third-order valence-electron chi connectivity index (χ3n) is 3.83. The van der Waals surface area contributed by atoms with Crippen LogP contribution in [-0.4, -0.2) is 55.5 Å². The molecule has 0 saturated carbocycles. The van der Waals surface area contributed by atoms with Crippen LogP contribution < -0.4 is 5.32 Å². The SMILES string of the molecule is CNC1CCN(CC(=O)N(C)Cc2ccccc2F)C1. The molecule has 0 spiro atoms. The summed E-state index contributed by atoms with van der Waals surface area (Å²) in [6.07, 6.45) is 1.07.